The van der Waals surface area contributed by atoms with E-state index in [2.05, 4.69) is 26.7 Å². The number of nitrogens with one attached hydrogen (secondary N) is 2. The molecule has 3 aliphatic rings. The van der Waals surface area contributed by atoms with Gasteiger partial charge in [-0.05, 0) is 25.1 Å². The van der Waals surface area contributed by atoms with Gasteiger partial charge in [-0.25, -0.2) is 8.91 Å². The summed E-state index contributed by atoms with van der Waals surface area (Å²) in [6, 6.07) is 7.14. The molecule has 2 aromatic heterocycles. The normalized spacial score (nSPS) is 33.8. The fourth-order valence-corrected chi connectivity index (χ4v) is 4.91. The molecule has 3 unspecified atom stereocenters. The number of fused-ring (bicyclic) bond motifs is 2. The quantitative estimate of drug-likeness (QED) is 0.781. The van der Waals surface area contributed by atoms with Crippen molar-refractivity contribution in [2.24, 2.45) is 11.8 Å². The van der Waals surface area contributed by atoms with Gasteiger partial charge in [-0.3, -0.25) is 4.79 Å². The third-order valence-corrected chi connectivity index (χ3v) is 6.37. The zero-order valence-corrected chi connectivity index (χ0v) is 16.1. The molecule has 0 bridgehead atoms. The minimum Gasteiger partial charge on any atom is -0.364 e. The van der Waals surface area contributed by atoms with Gasteiger partial charge in [0.05, 0.1) is 36.1 Å². The topological polar surface area (TPSA) is 94.7 Å². The highest BCUT2D eigenvalue weighted by Gasteiger charge is 2.54. The second-order valence-electron chi connectivity index (χ2n) is 8.15. The van der Waals surface area contributed by atoms with Crippen molar-refractivity contribution in [1.29, 1.82) is 5.26 Å². The van der Waals surface area contributed by atoms with Crippen molar-refractivity contribution >= 4 is 17.1 Å². The molecule has 152 valence electrons. The molecule has 1 amide bonds. The molecule has 9 heteroatoms. The lowest BCUT2D eigenvalue weighted by Gasteiger charge is -2.45. The summed E-state index contributed by atoms with van der Waals surface area (Å²) in [5.41, 5.74) is 2.14. The molecule has 2 N–H and O–H groups in total. The van der Waals surface area contributed by atoms with Gasteiger partial charge in [-0.2, -0.15) is 10.4 Å². The number of aromatic nitrogens is 2. The highest BCUT2D eigenvalue weighted by atomic mass is 19.1. The van der Waals surface area contributed by atoms with Crippen molar-refractivity contribution < 1.29 is 13.9 Å². The molecule has 3 fully saturated rings. The molecule has 0 spiro atoms. The van der Waals surface area contributed by atoms with Crippen LogP contribution >= 0.6 is 0 Å². The van der Waals surface area contributed by atoms with Crippen molar-refractivity contribution in [3.8, 4) is 6.07 Å². The van der Waals surface area contributed by atoms with Gasteiger partial charge in [0.25, 0.3) is 5.91 Å². The second-order valence-corrected chi connectivity index (χ2v) is 8.15. The number of alkyl halides is 1. The number of hydrogen-bond donors (Lipinski definition) is 2. The Bertz CT molecular complexity index is 987. The summed E-state index contributed by atoms with van der Waals surface area (Å²) < 4.78 is 21.8. The van der Waals surface area contributed by atoms with Gasteiger partial charge in [-0.15, -0.1) is 0 Å². The van der Waals surface area contributed by atoms with E-state index in [0.717, 1.165) is 17.7 Å². The van der Waals surface area contributed by atoms with Crippen LogP contribution in [0.15, 0.2) is 24.4 Å². The maximum Gasteiger partial charge on any atom is 0.251 e. The molecule has 4 heterocycles. The van der Waals surface area contributed by atoms with Crippen LogP contribution in [0, 0.1) is 23.2 Å². The minimum atomic E-state index is -0.999. The number of anilines is 1. The number of hydrogen-bond acceptors (Lipinski definition) is 6. The molecule has 0 aromatic carbocycles. The van der Waals surface area contributed by atoms with Crippen LogP contribution in [-0.4, -0.2) is 66.1 Å². The average Bonchev–Trinajstić information content (AvgIpc) is 3.38. The summed E-state index contributed by atoms with van der Waals surface area (Å²) >= 11 is 0. The fourth-order valence-electron chi connectivity index (χ4n) is 4.91. The van der Waals surface area contributed by atoms with E-state index in [4.69, 9.17) is 4.74 Å². The van der Waals surface area contributed by atoms with Crippen molar-refractivity contribution in [1.82, 2.24) is 20.2 Å². The highest BCUT2D eigenvalue weighted by Crippen LogP contribution is 2.40. The van der Waals surface area contributed by atoms with Gasteiger partial charge < -0.3 is 20.3 Å². The van der Waals surface area contributed by atoms with E-state index < -0.39 is 18.3 Å². The second kappa shape index (κ2) is 6.97. The molecule has 1 saturated carbocycles. The molecular weight excluding hydrogens is 375 g/mol. The number of rotatable bonds is 3. The van der Waals surface area contributed by atoms with Crippen molar-refractivity contribution in [3.05, 3.63) is 30.1 Å². The Hall–Kier alpha value is -2.70. The van der Waals surface area contributed by atoms with E-state index in [1.165, 1.54) is 0 Å². The summed E-state index contributed by atoms with van der Waals surface area (Å²) in [6.45, 7) is 4.32. The first-order valence-corrected chi connectivity index (χ1v) is 9.99. The third-order valence-electron chi connectivity index (χ3n) is 6.37. The van der Waals surface area contributed by atoms with Gasteiger partial charge in [0.1, 0.15) is 17.9 Å². The van der Waals surface area contributed by atoms with E-state index in [9.17, 15) is 14.4 Å². The lowest BCUT2D eigenvalue weighted by Crippen LogP contribution is -2.64. The first-order valence-electron chi connectivity index (χ1n) is 9.99. The summed E-state index contributed by atoms with van der Waals surface area (Å²) in [4.78, 5) is 14.9. The van der Waals surface area contributed by atoms with E-state index in [-0.39, 0.29) is 23.8 Å². The van der Waals surface area contributed by atoms with Crippen LogP contribution in [0.1, 0.15) is 12.6 Å². The van der Waals surface area contributed by atoms with Crippen LogP contribution in [0.2, 0.25) is 0 Å². The van der Waals surface area contributed by atoms with Crippen LogP contribution in [0.25, 0.3) is 5.52 Å². The maximum atomic E-state index is 14.4. The Morgan fingerprint density at radius 1 is 1.34 bits per heavy atom. The molecule has 1 aliphatic carbocycles. The monoisotopic (exact) mass is 398 g/mol. The Labute approximate surface area is 167 Å². The lowest BCUT2D eigenvalue weighted by atomic mass is 9.69. The summed E-state index contributed by atoms with van der Waals surface area (Å²) in [7, 11) is 0. The first-order chi connectivity index (χ1) is 14.1. The van der Waals surface area contributed by atoms with Crippen LogP contribution in [0.4, 0.5) is 10.1 Å². The van der Waals surface area contributed by atoms with Crippen molar-refractivity contribution in [2.45, 2.75) is 31.3 Å². The number of amides is 1. The van der Waals surface area contributed by atoms with E-state index in [0.29, 0.717) is 25.3 Å². The highest BCUT2D eigenvalue weighted by molar-refractivity contribution is 5.83. The number of carbonyl (C=O) groups is 1. The third kappa shape index (κ3) is 2.94. The largest absolute Gasteiger partial charge is 0.364 e. The Balaban J connectivity index is 1.34. The summed E-state index contributed by atoms with van der Waals surface area (Å²) in [5, 5.41) is 19.6. The molecule has 2 aliphatic heterocycles. The summed E-state index contributed by atoms with van der Waals surface area (Å²) in [5.74, 6) is -0.0921. The Morgan fingerprint density at radius 3 is 3.00 bits per heavy atom. The van der Waals surface area contributed by atoms with Gasteiger partial charge in [0, 0.05) is 31.5 Å². The van der Waals surface area contributed by atoms with Gasteiger partial charge in [-0.1, -0.05) is 0 Å². The maximum absolute atomic E-state index is 14.4. The lowest BCUT2D eigenvalue weighted by molar-refractivity contribution is -0.141. The first kappa shape index (κ1) is 18.3. The van der Waals surface area contributed by atoms with E-state index >= 15 is 0 Å². The summed E-state index contributed by atoms with van der Waals surface area (Å²) in [6.07, 6.45) is -0.196. The standard InChI is InChI=1S/C20H23FN6O2/c1-11-9-26(15-3-2-12(6-22)27-16(15)4-5-24-27)10-17(29-11)20(28)25-19-14-8-23-7-13(14)18(19)21/h2-5,11,13-14,17-19,23H,7-10H2,1H3,(H,25,28)/t11-,13?,14?,17-,18-,19?/m1/s1. The molecule has 2 saturated heterocycles. The van der Waals surface area contributed by atoms with Gasteiger partial charge in [0.2, 0.25) is 0 Å². The van der Waals surface area contributed by atoms with Crippen molar-refractivity contribution in [2.75, 3.05) is 31.1 Å². The van der Waals surface area contributed by atoms with Crippen LogP contribution in [0.3, 0.4) is 0 Å². The number of halogens is 1. The Morgan fingerprint density at radius 2 is 2.17 bits per heavy atom. The SMILES string of the molecule is C[C@@H]1CN(c2ccc(C#N)n3nccc23)C[C@H](C(=O)NC2C3CNCC3[C@H]2F)O1. The molecule has 6 atom stereocenters. The molecule has 5 rings (SSSR count). The number of carbonyl (C=O) groups excluding carboxylic acids is 1. The predicted molar refractivity (Wildman–Crippen MR) is 103 cm³/mol. The van der Waals surface area contributed by atoms with Crippen molar-refractivity contribution in [3.63, 3.8) is 0 Å². The smallest absolute Gasteiger partial charge is 0.251 e. The van der Waals surface area contributed by atoms with Crippen LogP contribution in [-0.2, 0) is 9.53 Å². The number of ether oxygens (including phenoxy) is 1. The number of pyridine rings is 1. The van der Waals surface area contributed by atoms with Gasteiger partial charge in [0.15, 0.2) is 6.10 Å². The zero-order chi connectivity index (χ0) is 20.1. The number of nitrogens with zero attached hydrogens (tertiary/aromatic N) is 4. The molecular formula is C20H23FN6O2. The number of morpholine rings is 1. The van der Waals surface area contributed by atoms with Crippen LogP contribution < -0.4 is 15.5 Å². The van der Waals surface area contributed by atoms with E-state index in [1.807, 2.05) is 19.1 Å². The predicted octanol–water partition coefficient (Wildman–Crippen LogP) is 0.472. The molecule has 29 heavy (non-hydrogen) atoms. The zero-order valence-electron chi connectivity index (χ0n) is 16.1. The van der Waals surface area contributed by atoms with E-state index in [1.54, 1.807) is 16.8 Å². The Kier molecular flexibility index (Phi) is 4.41. The number of nitriles is 1. The van der Waals surface area contributed by atoms with Crippen LogP contribution in [0.5, 0.6) is 0 Å². The fraction of sp³-hybridized carbons (Fsp3) is 0.550. The molecule has 2 aromatic rings. The molecule has 8 nitrogen and oxygen atoms in total. The minimum absolute atomic E-state index is 0.0109. The average molecular weight is 398 g/mol. The molecule has 0 radical (unpaired) electrons. The van der Waals surface area contributed by atoms with Gasteiger partial charge >= 0.3 is 0 Å².